The molecule has 1 saturated heterocycles. The van der Waals surface area contributed by atoms with Gasteiger partial charge in [-0.1, -0.05) is 12.1 Å². The number of nitrogens with zero attached hydrogens (tertiary/aromatic N) is 4. The minimum atomic E-state index is -0.481. The third kappa shape index (κ3) is 3.53. The number of hydrogen-bond acceptors (Lipinski definition) is 5. The van der Waals surface area contributed by atoms with Crippen LogP contribution in [0.5, 0.6) is 0 Å². The summed E-state index contributed by atoms with van der Waals surface area (Å²) >= 11 is 0. The topological polar surface area (TPSA) is 89.2 Å². The van der Waals surface area contributed by atoms with Gasteiger partial charge in [0.2, 0.25) is 0 Å². The maximum atomic E-state index is 12.5. The molecule has 150 valence electrons. The lowest BCUT2D eigenvalue weighted by atomic mass is 10.2. The molecule has 3 heterocycles. The highest BCUT2D eigenvalue weighted by Crippen LogP contribution is 2.20. The third-order valence-electron chi connectivity index (χ3n) is 5.39. The highest BCUT2D eigenvalue weighted by Gasteiger charge is 2.14. The monoisotopic (exact) mass is 393 g/mol. The van der Waals surface area contributed by atoms with Crippen molar-refractivity contribution in [2.24, 2.45) is 14.1 Å². The van der Waals surface area contributed by atoms with Crippen LogP contribution in [-0.4, -0.2) is 33.1 Å². The lowest BCUT2D eigenvalue weighted by molar-refractivity contribution is 0.0946. The Morgan fingerprint density at radius 3 is 2.38 bits per heavy atom. The Bertz CT molecular complexity index is 1190. The fraction of sp³-hybridized carbons (Fsp3) is 0.333. The largest absolute Gasteiger partial charge is 0.372 e. The molecule has 0 bridgehead atoms. The number of rotatable bonds is 4. The number of anilines is 1. The van der Waals surface area contributed by atoms with E-state index >= 15 is 0 Å². The van der Waals surface area contributed by atoms with Crippen LogP contribution < -0.4 is 21.5 Å². The number of fused-ring (bicyclic) bond motifs is 1. The average Bonchev–Trinajstić information content (AvgIpc) is 3.29. The summed E-state index contributed by atoms with van der Waals surface area (Å²) in [5, 5.41) is 3.14. The quantitative estimate of drug-likeness (QED) is 0.719. The number of pyridine rings is 1. The second-order valence-electron chi connectivity index (χ2n) is 7.32. The Balaban J connectivity index is 1.50. The van der Waals surface area contributed by atoms with E-state index in [1.165, 1.54) is 49.3 Å². The smallest absolute Gasteiger partial charge is 0.332 e. The first-order valence-corrected chi connectivity index (χ1v) is 9.64. The Hall–Kier alpha value is -3.42. The van der Waals surface area contributed by atoms with Gasteiger partial charge in [-0.05, 0) is 42.7 Å². The maximum Gasteiger partial charge on any atom is 0.332 e. The van der Waals surface area contributed by atoms with E-state index in [0.29, 0.717) is 11.9 Å². The third-order valence-corrected chi connectivity index (χ3v) is 5.39. The van der Waals surface area contributed by atoms with Crippen LogP contribution in [0.1, 0.15) is 28.9 Å². The molecule has 0 unspecified atom stereocenters. The van der Waals surface area contributed by atoms with Crippen molar-refractivity contribution in [2.75, 3.05) is 18.0 Å². The van der Waals surface area contributed by atoms with E-state index in [1.54, 1.807) is 0 Å². The number of hydrogen-bond donors (Lipinski definition) is 1. The predicted molar refractivity (Wildman–Crippen MR) is 111 cm³/mol. The molecule has 1 aromatic carbocycles. The van der Waals surface area contributed by atoms with E-state index in [2.05, 4.69) is 27.3 Å². The fourth-order valence-electron chi connectivity index (χ4n) is 3.65. The van der Waals surface area contributed by atoms with Crippen molar-refractivity contribution in [1.82, 2.24) is 19.4 Å². The first-order valence-electron chi connectivity index (χ1n) is 9.64. The summed E-state index contributed by atoms with van der Waals surface area (Å²) < 4.78 is 2.29. The zero-order chi connectivity index (χ0) is 20.5. The SMILES string of the molecule is Cn1c(=O)c2ccc(C(=O)NCc3ccc(N4CCCC4)cc3)nc2n(C)c1=O. The summed E-state index contributed by atoms with van der Waals surface area (Å²) in [6.45, 7) is 2.55. The molecule has 2 aromatic heterocycles. The van der Waals surface area contributed by atoms with E-state index in [4.69, 9.17) is 0 Å². The molecule has 0 saturated carbocycles. The minimum Gasteiger partial charge on any atom is -0.372 e. The van der Waals surface area contributed by atoms with Crippen molar-refractivity contribution in [3.05, 3.63) is 68.5 Å². The van der Waals surface area contributed by atoms with Gasteiger partial charge in [-0.25, -0.2) is 9.78 Å². The molecule has 0 radical (unpaired) electrons. The van der Waals surface area contributed by atoms with E-state index in [9.17, 15) is 14.4 Å². The molecular formula is C21H23N5O3. The molecule has 0 atom stereocenters. The lowest BCUT2D eigenvalue weighted by Crippen LogP contribution is -2.37. The summed E-state index contributed by atoms with van der Waals surface area (Å²) in [6, 6.07) is 11.2. The molecule has 3 aromatic rings. The van der Waals surface area contributed by atoms with Gasteiger partial charge in [-0.2, -0.15) is 0 Å². The number of aromatic nitrogens is 3. The number of carbonyl (C=O) groups excluding carboxylic acids is 1. The van der Waals surface area contributed by atoms with Gasteiger partial charge in [0.1, 0.15) is 11.3 Å². The van der Waals surface area contributed by atoms with Crippen LogP contribution in [0.4, 0.5) is 5.69 Å². The van der Waals surface area contributed by atoms with Crippen molar-refractivity contribution >= 4 is 22.6 Å². The standard InChI is InChI=1S/C21H23N5O3/c1-24-18-16(20(28)25(2)21(24)29)9-10-17(23-18)19(27)22-13-14-5-7-15(8-6-14)26-11-3-4-12-26/h5-10H,3-4,11-13H2,1-2H3,(H,22,27). The van der Waals surface area contributed by atoms with Gasteiger partial charge >= 0.3 is 5.69 Å². The van der Waals surface area contributed by atoms with Crippen LogP contribution in [0, 0.1) is 0 Å². The molecule has 1 N–H and O–H groups in total. The first-order chi connectivity index (χ1) is 14.0. The van der Waals surface area contributed by atoms with Crippen LogP contribution in [0.25, 0.3) is 11.0 Å². The Kier molecular flexibility index (Phi) is 4.92. The molecule has 8 nitrogen and oxygen atoms in total. The van der Waals surface area contributed by atoms with Crippen LogP contribution in [0.3, 0.4) is 0 Å². The van der Waals surface area contributed by atoms with Crippen molar-refractivity contribution in [3.63, 3.8) is 0 Å². The second-order valence-corrected chi connectivity index (χ2v) is 7.32. The van der Waals surface area contributed by atoms with Crippen LogP contribution in [0.2, 0.25) is 0 Å². The maximum absolute atomic E-state index is 12.5. The Morgan fingerprint density at radius 2 is 1.69 bits per heavy atom. The average molecular weight is 393 g/mol. The Labute approximate surface area is 167 Å². The van der Waals surface area contributed by atoms with Crippen molar-refractivity contribution in [2.45, 2.75) is 19.4 Å². The van der Waals surface area contributed by atoms with Gasteiger partial charge in [-0.3, -0.25) is 18.7 Å². The minimum absolute atomic E-state index is 0.162. The summed E-state index contributed by atoms with van der Waals surface area (Å²) in [4.78, 5) is 43.5. The first kappa shape index (κ1) is 18.9. The van der Waals surface area contributed by atoms with Crippen molar-refractivity contribution in [1.29, 1.82) is 0 Å². The molecule has 1 aliphatic heterocycles. The lowest BCUT2D eigenvalue weighted by Gasteiger charge is -2.17. The number of benzene rings is 1. The van der Waals surface area contributed by atoms with Crippen molar-refractivity contribution < 1.29 is 4.79 Å². The second kappa shape index (κ2) is 7.54. The normalized spacial score (nSPS) is 13.8. The number of carbonyl (C=O) groups is 1. The highest BCUT2D eigenvalue weighted by atomic mass is 16.2. The van der Waals surface area contributed by atoms with Gasteiger partial charge in [0.15, 0.2) is 0 Å². The van der Waals surface area contributed by atoms with E-state index < -0.39 is 11.2 Å². The Morgan fingerprint density at radius 1 is 1.00 bits per heavy atom. The molecule has 1 amide bonds. The van der Waals surface area contributed by atoms with Gasteiger partial charge in [0.25, 0.3) is 11.5 Å². The molecular weight excluding hydrogens is 370 g/mol. The summed E-state index contributed by atoms with van der Waals surface area (Å²) in [5.74, 6) is -0.358. The van der Waals surface area contributed by atoms with Gasteiger partial charge in [0, 0.05) is 39.4 Å². The molecule has 1 fully saturated rings. The number of nitrogens with one attached hydrogen (secondary N) is 1. The van der Waals surface area contributed by atoms with Gasteiger partial charge in [-0.15, -0.1) is 0 Å². The van der Waals surface area contributed by atoms with Gasteiger partial charge in [0.05, 0.1) is 5.39 Å². The molecule has 0 spiro atoms. The van der Waals surface area contributed by atoms with Crippen LogP contribution in [-0.2, 0) is 20.6 Å². The number of amides is 1. The van der Waals surface area contributed by atoms with Gasteiger partial charge < -0.3 is 10.2 Å². The molecule has 4 rings (SSSR count). The van der Waals surface area contributed by atoms with E-state index in [1.807, 2.05) is 12.1 Å². The highest BCUT2D eigenvalue weighted by molar-refractivity contribution is 5.94. The molecule has 0 aliphatic carbocycles. The fourth-order valence-corrected chi connectivity index (χ4v) is 3.65. The summed E-state index contributed by atoms with van der Waals surface area (Å²) in [5.41, 5.74) is 1.64. The van der Waals surface area contributed by atoms with Crippen molar-refractivity contribution in [3.8, 4) is 0 Å². The van der Waals surface area contributed by atoms with Crippen LogP contribution in [0.15, 0.2) is 46.0 Å². The van der Waals surface area contributed by atoms with E-state index in [0.717, 1.165) is 23.2 Å². The zero-order valence-electron chi connectivity index (χ0n) is 16.5. The molecule has 1 aliphatic rings. The zero-order valence-corrected chi connectivity index (χ0v) is 16.5. The predicted octanol–water partition coefficient (Wildman–Crippen LogP) is 1.16. The summed E-state index contributed by atoms with van der Waals surface area (Å²) in [7, 11) is 2.94. The number of aryl methyl sites for hydroxylation is 1. The van der Waals surface area contributed by atoms with Crippen LogP contribution >= 0.6 is 0 Å². The molecule has 29 heavy (non-hydrogen) atoms. The summed E-state index contributed by atoms with van der Waals surface area (Å²) in [6.07, 6.45) is 2.46. The van der Waals surface area contributed by atoms with E-state index in [-0.39, 0.29) is 17.2 Å². The molecule has 8 heteroatoms.